The summed E-state index contributed by atoms with van der Waals surface area (Å²) < 4.78 is 27.3. The predicted molar refractivity (Wildman–Crippen MR) is 604 cm³/mol. The van der Waals surface area contributed by atoms with Crippen LogP contribution in [0.3, 0.4) is 0 Å². The van der Waals surface area contributed by atoms with Crippen LogP contribution < -0.4 is 58.3 Å². The largest absolute Gasteiger partial charge is 0.0622 e. The summed E-state index contributed by atoms with van der Waals surface area (Å²) in [5.74, 6) is 3.10. The maximum absolute atomic E-state index is 13.1. The van der Waals surface area contributed by atoms with Crippen LogP contribution in [0.1, 0.15) is 130 Å². The van der Waals surface area contributed by atoms with Crippen molar-refractivity contribution in [1.82, 2.24) is 0 Å². The second-order valence-electron chi connectivity index (χ2n) is 31.9. The third-order valence-corrected chi connectivity index (χ3v) is 29.6. The number of benzene rings is 14. The molecule has 0 aliphatic carbocycles. The molecule has 0 atom stereocenters. The quantitative estimate of drug-likeness (QED) is 0.00716. The molecule has 0 amide bonds. The number of halogens is 10. The van der Waals surface area contributed by atoms with Crippen molar-refractivity contribution in [3.8, 4) is 28.7 Å². The first-order chi connectivity index (χ1) is 70.9. The van der Waals surface area contributed by atoms with Crippen LogP contribution in [0.4, 0.5) is 28.4 Å². The van der Waals surface area contributed by atoms with Gasteiger partial charge >= 0.3 is 60.9 Å². The molecule has 0 aliphatic rings. The zero-order valence-corrected chi connectivity index (χ0v) is 95.5. The zero-order chi connectivity index (χ0) is 108. The second kappa shape index (κ2) is 62.1. The molecule has 772 valence electrons. The first-order valence-corrected chi connectivity index (χ1v) is 70.0. The van der Waals surface area contributed by atoms with Gasteiger partial charge in [0.05, 0.1) is 50.0 Å². The molecule has 0 unspecified atom stereocenters. The number of rotatable bonds is 30. The van der Waals surface area contributed by atoms with Crippen LogP contribution in [0, 0.1) is 50.6 Å². The zero-order valence-electron chi connectivity index (χ0n) is 80.4. The minimum Gasteiger partial charge on any atom is -0.0622 e. The standard InChI is InChI=1S/C25H20NO3P.C20H19NO5.C19H17NO5.C18H15P.C12H13NO3.C8H7ClO2.C7H6BrNO3.Al.BrH.7ClH.Sn/c27-25-17-16-21(26(28)29)18-20(25)19-30(22-10-4-1-5-11-22,23-12-6-2-7-13-23)24-14-8-3-9-15-24;1-3-4-5-18-19(20(22)13-6-9-15(25-2)10-7-13)16-12-14(21(23)24)8-11-17(16)26-18;1-2-3-4-17-18(19(22)12-5-8-14(21)9-6-12)15-11-13(20(23)24)7-10-16(15)25-17;1-4-10-16(11-5-1)19(17-12-6-2-7-13-17)18-14-8-3-9-15-18;1-2-3-4-11-8-9-7-10(13(14)15)5-6-12(9)16-11;1-11-7-4-2-6(3-5-7)8(9)10;8-4-5-3-6(9(11)12)1-2-7(5)10;;;;;;;;;;/h1-18H,19H2;6-12H,3-5H2,1-2H3;5-11,21H,2-4H2,1H3;1-15H;5-8H,2-4H2,1H3;2-5H,1H3;1-3,10H,4H2;;8*1H;/q;;;;;;;+3;;;;;;;;;+4/p-7. The number of nitrogens with zero attached hydrogens (tertiary/aromatic N) is 5. The molecule has 40 heteroatoms. The first kappa shape index (κ1) is 122. The van der Waals surface area contributed by atoms with Gasteiger partial charge in [-0.05, 0) is 200 Å². The Labute approximate surface area is 920 Å². The Morgan fingerprint density at radius 1 is 0.396 bits per heavy atom. The molecular weight excluding hydrogens is 2370 g/mol. The Morgan fingerprint density at radius 3 is 1.03 bits per heavy atom. The number of carbonyl (C=O) groups excluding carboxylic acids is 3. The summed E-state index contributed by atoms with van der Waals surface area (Å²) in [6.07, 6.45) is 8.34. The number of nitro groups is 5. The number of ether oxygens (including phenoxy) is 2. The molecule has 17 rings (SSSR count). The Balaban J connectivity index is 0.000000213. The van der Waals surface area contributed by atoms with Crippen LogP contribution in [0.25, 0.3) is 32.9 Å². The maximum Gasteiger partial charge on any atom is -0.0134 e. The molecule has 26 nitrogen and oxygen atoms in total. The summed E-state index contributed by atoms with van der Waals surface area (Å²) in [6.45, 7) is 6.21. The topological polar surface area (TPSA) is 385 Å². The fourth-order valence-corrected chi connectivity index (χ4v) is 22.0. The van der Waals surface area contributed by atoms with E-state index < -0.39 is 70.3 Å². The van der Waals surface area contributed by atoms with E-state index in [1.807, 2.05) is 67.6 Å². The van der Waals surface area contributed by atoms with E-state index in [0.29, 0.717) is 108 Å². The van der Waals surface area contributed by atoms with Gasteiger partial charge in [-0.1, -0.05) is 202 Å². The summed E-state index contributed by atoms with van der Waals surface area (Å²) >= 11 is 3.31. The number of hydrogen-bond donors (Lipinski definition) is 3. The second-order valence-corrected chi connectivity index (χ2v) is 70.4. The van der Waals surface area contributed by atoms with Gasteiger partial charge in [0.2, 0.25) is 0 Å². The van der Waals surface area contributed by atoms with Gasteiger partial charge in [-0.3, -0.25) is 65.0 Å². The number of carbonyl (C=O) groups is 3. The molecule has 14 aromatic carbocycles. The van der Waals surface area contributed by atoms with Gasteiger partial charge in [0.15, 0.2) is 11.6 Å². The van der Waals surface area contributed by atoms with Crippen LogP contribution >= 0.6 is 109 Å². The minimum absolute atomic E-state index is 0. The first-order valence-electron chi connectivity index (χ1n) is 45.5. The average molecular weight is 2470 g/mol. The van der Waals surface area contributed by atoms with Gasteiger partial charge in [0.25, 0.3) is 33.7 Å². The SMILES string of the molecule is CCCCc1cc2cc([N+](=O)[O-])ccc2o1.CCCCc1oc2ccc([N+](=O)[O-])cc2c1C(=O)c1ccc(O)cc1.CCCCc1oc2ccc([N+](=O)[O-])cc2c1C(=O)c1ccc(OC)cc1.COc1ccc(C(=O)Cl)cc1.O=[N+]([O-])c1ccc(O)c(CBr)c1.O=[N+]([O-])c1ccc(O)c(C[P+](c2ccccc2)(c2ccccc2)c2ccccc2)c1.[Br-].[Cl][Al]([Cl])[Cl].[Cl][Sn]([Cl])([Cl])[Cl].c1ccc(P(c2ccccc2)c2ccccc2)cc1. The van der Waals surface area contributed by atoms with Crippen LogP contribution in [-0.2, 0) is 30.8 Å². The van der Waals surface area contributed by atoms with Crippen LogP contribution in [0.15, 0.2) is 365 Å². The Kier molecular flexibility index (Phi) is 51.0. The number of phenols is 3. The number of aromatic hydroxyl groups is 3. The number of alkyl halides is 1. The van der Waals surface area contributed by atoms with Crippen molar-refractivity contribution in [3.63, 3.8) is 0 Å². The molecule has 0 fully saturated rings. The molecule has 0 saturated heterocycles. The third kappa shape index (κ3) is 37.4. The molecule has 0 saturated carbocycles. The van der Waals surface area contributed by atoms with Gasteiger partial charge in [-0.15, -0.1) is 0 Å². The Morgan fingerprint density at radius 2 is 0.698 bits per heavy atom. The van der Waals surface area contributed by atoms with E-state index in [9.17, 15) is 75.2 Å². The van der Waals surface area contributed by atoms with E-state index in [1.165, 1.54) is 113 Å². The molecule has 149 heavy (non-hydrogen) atoms. The van der Waals surface area contributed by atoms with E-state index in [0.717, 1.165) is 77.6 Å². The van der Waals surface area contributed by atoms with Gasteiger partial charge in [0, 0.05) is 129 Å². The van der Waals surface area contributed by atoms with Crippen molar-refractivity contribution in [2.75, 3.05) is 14.2 Å². The number of methoxy groups -OCH3 is 2. The van der Waals surface area contributed by atoms with Crippen LogP contribution in [0.2, 0.25) is 0 Å². The molecule has 3 aromatic heterocycles. The van der Waals surface area contributed by atoms with Crippen molar-refractivity contribution in [1.29, 1.82) is 0 Å². The molecular formula is C109H98AlBr2Cl8N5O21P2Sn. The normalized spacial score (nSPS) is 10.5. The summed E-state index contributed by atoms with van der Waals surface area (Å²) in [5.41, 5.74) is 4.80. The third-order valence-electron chi connectivity index (χ3n) is 22.0. The Bertz CT molecular complexity index is 7060. The van der Waals surface area contributed by atoms with E-state index >= 15 is 0 Å². The van der Waals surface area contributed by atoms with Gasteiger partial charge in [-0.2, -0.15) is 0 Å². The number of aryl methyl sites for hydroxylation is 3. The smallest absolute Gasteiger partial charge is 0.0134 e. The molecule has 3 heterocycles. The van der Waals surface area contributed by atoms with Crippen molar-refractivity contribution >= 4 is 244 Å². The molecule has 0 aliphatic heterocycles. The monoisotopic (exact) mass is 2460 g/mol. The van der Waals surface area contributed by atoms with Crippen molar-refractivity contribution < 1.29 is 94.0 Å². The van der Waals surface area contributed by atoms with E-state index in [2.05, 4.69) is 157 Å². The minimum atomic E-state index is -3.29. The number of ketones is 2. The molecule has 0 bridgehead atoms. The number of non-ortho nitro benzene ring substituents is 5. The van der Waals surface area contributed by atoms with Crippen molar-refractivity contribution in [3.05, 3.63) is 459 Å². The number of phenolic OH excluding ortho intramolecular Hbond substituents is 3. The van der Waals surface area contributed by atoms with Gasteiger partial charge in [-0.25, -0.2) is 30.1 Å². The fraction of sp³-hybridized carbons (Fsp3) is 0.147. The van der Waals surface area contributed by atoms with E-state index in [4.69, 9.17) is 105 Å². The summed E-state index contributed by atoms with van der Waals surface area (Å²) in [4.78, 5) is 88.9. The van der Waals surface area contributed by atoms with Crippen molar-refractivity contribution in [2.45, 2.75) is 90.1 Å². The van der Waals surface area contributed by atoms with Gasteiger partial charge < -0.3 is 55.0 Å². The summed E-state index contributed by atoms with van der Waals surface area (Å²) in [7, 11) is 35.4. The summed E-state index contributed by atoms with van der Waals surface area (Å²) in [5, 5.41) is 93.0. The average Bonchev–Trinajstić information content (AvgIpc) is 1.26. The van der Waals surface area contributed by atoms with Crippen LogP contribution in [0.5, 0.6) is 28.7 Å². The fourth-order valence-electron chi connectivity index (χ4n) is 14.9. The number of fused-ring (bicyclic) bond motifs is 3. The number of unbranched alkanes of at least 4 members (excludes halogenated alkanes) is 3. The predicted octanol–water partition coefficient (Wildman–Crippen LogP) is 26.8. The maximum atomic E-state index is 13.1. The van der Waals surface area contributed by atoms with E-state index in [-0.39, 0.29) is 74.2 Å². The number of nitro benzene ring substituents is 5. The molecule has 0 spiro atoms. The molecule has 17 aromatic rings. The number of furan rings is 3. The van der Waals surface area contributed by atoms with E-state index in [1.54, 1.807) is 80.9 Å². The van der Waals surface area contributed by atoms with Crippen LogP contribution in [-0.4, -0.2) is 96.2 Å². The summed E-state index contributed by atoms with van der Waals surface area (Å²) in [6, 6.07) is 106. The molecule has 0 radical (unpaired) electrons. The number of hydrogen-bond acceptors (Lipinski definition) is 21. The molecule has 3 N–H and O–H groups in total. The van der Waals surface area contributed by atoms with Gasteiger partial charge in [0.1, 0.15) is 92.1 Å². The Hall–Kier alpha value is -11.8. The van der Waals surface area contributed by atoms with Crippen molar-refractivity contribution in [2.24, 2.45) is 0 Å².